The average molecular weight is 428 g/mol. The van der Waals surface area contributed by atoms with Crippen molar-refractivity contribution in [2.24, 2.45) is 7.05 Å². The van der Waals surface area contributed by atoms with Gasteiger partial charge >= 0.3 is 5.63 Å². The third kappa shape index (κ3) is 3.84. The van der Waals surface area contributed by atoms with Crippen molar-refractivity contribution in [2.75, 3.05) is 12.9 Å². The molecule has 3 aromatic rings. The van der Waals surface area contributed by atoms with E-state index in [4.69, 9.17) is 9.15 Å². The van der Waals surface area contributed by atoms with Crippen LogP contribution in [0.15, 0.2) is 32.7 Å². The predicted octanol–water partition coefficient (Wildman–Crippen LogP) is 3.13. The Morgan fingerprint density at radius 1 is 1.30 bits per heavy atom. The fourth-order valence-electron chi connectivity index (χ4n) is 3.94. The first-order chi connectivity index (χ1) is 14.5. The molecule has 158 valence electrons. The lowest BCUT2D eigenvalue weighted by atomic mass is 9.90. The standard InChI is InChI=1S/C22H25N3O4S/c1-13-18(28-12-19(26)23-10-14-11-24-22(30-3)25(14)2)9-8-16-15-6-4-5-7-17(15)21(27)29-20(13)16/h8-9,11H,4-7,10,12H2,1-3H3,(H,23,26). The second-order valence-electron chi connectivity index (χ2n) is 7.48. The maximum Gasteiger partial charge on any atom is 0.339 e. The highest BCUT2D eigenvalue weighted by Crippen LogP contribution is 2.32. The van der Waals surface area contributed by atoms with Crippen LogP contribution in [-0.4, -0.2) is 28.3 Å². The van der Waals surface area contributed by atoms with E-state index in [2.05, 4.69) is 10.3 Å². The zero-order chi connectivity index (χ0) is 21.3. The summed E-state index contributed by atoms with van der Waals surface area (Å²) in [6, 6.07) is 3.79. The summed E-state index contributed by atoms with van der Waals surface area (Å²) < 4.78 is 13.3. The predicted molar refractivity (Wildman–Crippen MR) is 116 cm³/mol. The van der Waals surface area contributed by atoms with Gasteiger partial charge in [0.05, 0.1) is 18.4 Å². The molecule has 1 N–H and O–H groups in total. The minimum Gasteiger partial charge on any atom is -0.483 e. The highest BCUT2D eigenvalue weighted by molar-refractivity contribution is 7.98. The van der Waals surface area contributed by atoms with Crippen molar-refractivity contribution in [3.05, 3.63) is 51.1 Å². The van der Waals surface area contributed by atoms with Crippen molar-refractivity contribution in [1.82, 2.24) is 14.9 Å². The van der Waals surface area contributed by atoms with Crippen molar-refractivity contribution >= 4 is 28.6 Å². The molecule has 2 aromatic heterocycles. The number of nitrogens with one attached hydrogen (secondary N) is 1. The van der Waals surface area contributed by atoms with E-state index in [1.165, 1.54) is 0 Å². The number of hydrogen-bond acceptors (Lipinski definition) is 6. The van der Waals surface area contributed by atoms with E-state index in [9.17, 15) is 9.59 Å². The molecule has 0 unspecified atom stereocenters. The number of carbonyl (C=O) groups excluding carboxylic acids is 1. The minimum absolute atomic E-state index is 0.116. The second kappa shape index (κ2) is 8.55. The molecule has 0 aliphatic heterocycles. The quantitative estimate of drug-likeness (QED) is 0.480. The summed E-state index contributed by atoms with van der Waals surface area (Å²) in [5.74, 6) is 0.315. The van der Waals surface area contributed by atoms with Gasteiger partial charge in [0.25, 0.3) is 5.91 Å². The van der Waals surface area contributed by atoms with Gasteiger partial charge in [0.15, 0.2) is 11.8 Å². The minimum atomic E-state index is -0.254. The zero-order valence-corrected chi connectivity index (χ0v) is 18.2. The van der Waals surface area contributed by atoms with Gasteiger partial charge in [-0.05, 0) is 56.6 Å². The van der Waals surface area contributed by atoms with Gasteiger partial charge in [0.2, 0.25) is 0 Å². The summed E-state index contributed by atoms with van der Waals surface area (Å²) in [6.45, 7) is 2.12. The Balaban J connectivity index is 1.46. The fraction of sp³-hybridized carbons (Fsp3) is 0.409. The topological polar surface area (TPSA) is 86.4 Å². The number of thioether (sulfide) groups is 1. The van der Waals surface area contributed by atoms with Crippen molar-refractivity contribution in [2.45, 2.75) is 44.3 Å². The number of amides is 1. The maximum absolute atomic E-state index is 12.4. The highest BCUT2D eigenvalue weighted by Gasteiger charge is 2.20. The van der Waals surface area contributed by atoms with Crippen LogP contribution in [0.5, 0.6) is 5.75 Å². The molecule has 4 rings (SSSR count). The first kappa shape index (κ1) is 20.5. The molecule has 0 spiro atoms. The van der Waals surface area contributed by atoms with Gasteiger partial charge < -0.3 is 19.0 Å². The van der Waals surface area contributed by atoms with Crippen molar-refractivity contribution in [3.8, 4) is 5.75 Å². The SMILES string of the molecule is CSc1ncc(CNC(=O)COc2ccc3c4c(c(=O)oc3c2C)CCCC4)n1C. The number of benzene rings is 1. The van der Waals surface area contributed by atoms with Crippen molar-refractivity contribution in [3.63, 3.8) is 0 Å². The van der Waals surface area contributed by atoms with E-state index >= 15 is 0 Å². The lowest BCUT2D eigenvalue weighted by Crippen LogP contribution is -2.29. The number of ether oxygens (including phenoxy) is 1. The molecule has 2 heterocycles. The molecule has 7 nitrogen and oxygen atoms in total. The van der Waals surface area contributed by atoms with Gasteiger partial charge in [0, 0.05) is 23.6 Å². The second-order valence-corrected chi connectivity index (χ2v) is 8.25. The Hall–Kier alpha value is -2.74. The number of rotatable bonds is 6. The largest absolute Gasteiger partial charge is 0.483 e. The Morgan fingerprint density at radius 2 is 2.07 bits per heavy atom. The van der Waals surface area contributed by atoms with E-state index < -0.39 is 0 Å². The van der Waals surface area contributed by atoms with Gasteiger partial charge in [-0.2, -0.15) is 0 Å². The summed E-state index contributed by atoms with van der Waals surface area (Å²) in [6.07, 6.45) is 7.49. The molecule has 0 atom stereocenters. The number of aromatic nitrogens is 2. The number of fused-ring (bicyclic) bond motifs is 3. The van der Waals surface area contributed by atoms with Crippen LogP contribution in [0.25, 0.3) is 11.0 Å². The molecule has 0 saturated heterocycles. The van der Waals surface area contributed by atoms with Gasteiger partial charge in [-0.15, -0.1) is 0 Å². The average Bonchev–Trinajstić information content (AvgIpc) is 3.12. The first-order valence-electron chi connectivity index (χ1n) is 10.0. The van der Waals surface area contributed by atoms with Crippen LogP contribution < -0.4 is 15.7 Å². The third-order valence-electron chi connectivity index (χ3n) is 5.64. The summed E-state index contributed by atoms with van der Waals surface area (Å²) >= 11 is 1.55. The number of aryl methyl sites for hydroxylation is 2. The van der Waals surface area contributed by atoms with Gasteiger partial charge in [-0.3, -0.25) is 4.79 Å². The summed E-state index contributed by atoms with van der Waals surface area (Å²) in [5, 5.41) is 4.71. The van der Waals surface area contributed by atoms with E-state index in [-0.39, 0.29) is 18.1 Å². The third-order valence-corrected chi connectivity index (χ3v) is 6.38. The lowest BCUT2D eigenvalue weighted by Gasteiger charge is -2.18. The van der Waals surface area contributed by atoms with Crippen LogP contribution in [0.3, 0.4) is 0 Å². The van der Waals surface area contributed by atoms with Gasteiger partial charge in [-0.25, -0.2) is 9.78 Å². The monoisotopic (exact) mass is 427 g/mol. The molecule has 1 aliphatic carbocycles. The van der Waals surface area contributed by atoms with E-state index in [1.807, 2.05) is 36.9 Å². The van der Waals surface area contributed by atoms with E-state index in [1.54, 1.807) is 18.0 Å². The Morgan fingerprint density at radius 3 is 2.80 bits per heavy atom. The smallest absolute Gasteiger partial charge is 0.339 e. The Bertz CT molecular complexity index is 1170. The molecule has 8 heteroatoms. The number of carbonyl (C=O) groups is 1. The molecular weight excluding hydrogens is 402 g/mol. The molecule has 0 radical (unpaired) electrons. The normalized spacial score (nSPS) is 13.3. The fourth-order valence-corrected chi connectivity index (χ4v) is 4.49. The zero-order valence-electron chi connectivity index (χ0n) is 17.4. The molecule has 1 aromatic carbocycles. The number of nitrogens with zero attached hydrogens (tertiary/aromatic N) is 2. The molecule has 30 heavy (non-hydrogen) atoms. The van der Waals surface area contributed by atoms with Crippen LogP contribution in [0.2, 0.25) is 0 Å². The first-order valence-corrected chi connectivity index (χ1v) is 11.2. The number of hydrogen-bond donors (Lipinski definition) is 1. The van der Waals surface area contributed by atoms with Crippen molar-refractivity contribution < 1.29 is 13.9 Å². The summed E-state index contributed by atoms with van der Waals surface area (Å²) in [5.41, 5.74) is 3.86. The van der Waals surface area contributed by atoms with Gasteiger partial charge in [-0.1, -0.05) is 11.8 Å². The van der Waals surface area contributed by atoms with Gasteiger partial charge in [0.1, 0.15) is 11.3 Å². The molecule has 0 fully saturated rings. The summed E-state index contributed by atoms with van der Waals surface area (Å²) in [4.78, 5) is 28.9. The van der Waals surface area contributed by atoms with Crippen LogP contribution >= 0.6 is 11.8 Å². The lowest BCUT2D eigenvalue weighted by molar-refractivity contribution is -0.123. The van der Waals surface area contributed by atoms with Crippen molar-refractivity contribution in [1.29, 1.82) is 0 Å². The molecule has 0 bridgehead atoms. The van der Waals surface area contributed by atoms with E-state index in [0.29, 0.717) is 17.9 Å². The number of imidazole rings is 1. The molecule has 1 aliphatic rings. The van der Waals surface area contributed by atoms with Crippen LogP contribution in [0, 0.1) is 6.92 Å². The molecule has 0 saturated carbocycles. The summed E-state index contributed by atoms with van der Waals surface area (Å²) in [7, 11) is 1.92. The Kier molecular flexibility index (Phi) is 5.85. The maximum atomic E-state index is 12.4. The highest BCUT2D eigenvalue weighted by atomic mass is 32.2. The molecule has 1 amide bonds. The van der Waals surface area contributed by atoms with E-state index in [0.717, 1.165) is 58.6 Å². The molecular formula is C22H25N3O4S. The Labute approximate surface area is 178 Å². The van der Waals surface area contributed by atoms with Crippen LogP contribution in [0.4, 0.5) is 0 Å². The van der Waals surface area contributed by atoms with Crippen LogP contribution in [-0.2, 0) is 31.2 Å². The van der Waals surface area contributed by atoms with Crippen LogP contribution in [0.1, 0.15) is 35.2 Å².